The molecule has 0 spiro atoms. The number of carbonyl (C=O) groups excluding carboxylic acids is 1. The molecule has 172 valence electrons. The van der Waals surface area contributed by atoms with E-state index in [1.54, 1.807) is 48.5 Å². The molecule has 1 aliphatic rings. The number of nitrogens with zero attached hydrogens (tertiary/aromatic N) is 2. The maximum absolute atomic E-state index is 13.2. The van der Waals surface area contributed by atoms with Crippen LogP contribution in [0.3, 0.4) is 0 Å². The van der Waals surface area contributed by atoms with Gasteiger partial charge in [-0.1, -0.05) is 24.3 Å². The molecule has 0 aliphatic carbocycles. The number of hydrogen-bond donors (Lipinski definition) is 1. The van der Waals surface area contributed by atoms with Crippen LogP contribution in [0.5, 0.6) is 5.75 Å². The molecule has 0 radical (unpaired) electrons. The second-order valence-electron chi connectivity index (χ2n) is 8.62. The van der Waals surface area contributed by atoms with Crippen molar-refractivity contribution in [2.45, 2.75) is 32.5 Å². The third kappa shape index (κ3) is 5.31. The summed E-state index contributed by atoms with van der Waals surface area (Å²) >= 11 is 0. The van der Waals surface area contributed by atoms with Gasteiger partial charge in [0, 0.05) is 31.7 Å². The number of rotatable bonds is 6. The number of benzene rings is 3. The van der Waals surface area contributed by atoms with Crippen LogP contribution in [-0.2, 0) is 11.3 Å². The number of amides is 1. The van der Waals surface area contributed by atoms with Gasteiger partial charge in [-0.2, -0.15) is 0 Å². The monoisotopic (exact) mass is 450 g/mol. The molecule has 1 amide bonds. The first-order valence-electron chi connectivity index (χ1n) is 11.0. The first kappa shape index (κ1) is 22.7. The summed E-state index contributed by atoms with van der Waals surface area (Å²) in [4.78, 5) is 28.2. The summed E-state index contributed by atoms with van der Waals surface area (Å²) < 4.78 is 18.9. The molecular formula is C26H27FN2O4. The number of hydrogen-bond acceptors (Lipinski definition) is 4. The minimum Gasteiger partial charge on any atom is -0.484 e. The van der Waals surface area contributed by atoms with Gasteiger partial charge in [0.15, 0.2) is 6.61 Å². The molecule has 7 heteroatoms. The number of fused-ring (bicyclic) bond motifs is 1. The third-order valence-electron chi connectivity index (χ3n) is 6.16. The van der Waals surface area contributed by atoms with Crippen LogP contribution in [0.15, 0.2) is 60.7 Å². The van der Waals surface area contributed by atoms with Crippen molar-refractivity contribution in [3.8, 4) is 5.75 Å². The van der Waals surface area contributed by atoms with Crippen LogP contribution in [0.1, 0.15) is 29.8 Å². The largest absolute Gasteiger partial charge is 0.484 e. The van der Waals surface area contributed by atoms with Crippen LogP contribution in [0.2, 0.25) is 0 Å². The lowest BCUT2D eigenvalue weighted by Crippen LogP contribution is -2.58. The van der Waals surface area contributed by atoms with Crippen molar-refractivity contribution in [1.82, 2.24) is 9.80 Å². The van der Waals surface area contributed by atoms with Gasteiger partial charge in [-0.3, -0.25) is 9.69 Å². The fourth-order valence-corrected chi connectivity index (χ4v) is 4.26. The van der Waals surface area contributed by atoms with Crippen LogP contribution in [0.25, 0.3) is 10.8 Å². The Labute approximate surface area is 192 Å². The quantitative estimate of drug-likeness (QED) is 0.610. The number of carboxylic acid groups (broad SMARTS) is 1. The lowest BCUT2D eigenvalue weighted by atomic mass is 10.1. The number of carboxylic acids is 1. The summed E-state index contributed by atoms with van der Waals surface area (Å²) in [6.07, 6.45) is 0. The number of halogens is 1. The fourth-order valence-electron chi connectivity index (χ4n) is 4.26. The molecular weight excluding hydrogens is 423 g/mol. The maximum Gasteiger partial charge on any atom is 0.335 e. The normalized spacial score (nSPS) is 18.9. The molecule has 0 saturated carbocycles. The Morgan fingerprint density at radius 3 is 2.39 bits per heavy atom. The van der Waals surface area contributed by atoms with E-state index in [9.17, 15) is 14.0 Å². The highest BCUT2D eigenvalue weighted by atomic mass is 19.1. The molecule has 0 bridgehead atoms. The summed E-state index contributed by atoms with van der Waals surface area (Å²) in [5.41, 5.74) is 1.28. The van der Waals surface area contributed by atoms with E-state index in [0.717, 1.165) is 22.9 Å². The van der Waals surface area contributed by atoms with Gasteiger partial charge in [0.05, 0.1) is 5.56 Å². The first-order valence-corrected chi connectivity index (χ1v) is 11.0. The molecule has 1 fully saturated rings. The van der Waals surface area contributed by atoms with Gasteiger partial charge < -0.3 is 14.7 Å². The average molecular weight is 451 g/mol. The van der Waals surface area contributed by atoms with Crippen LogP contribution in [0, 0.1) is 5.82 Å². The van der Waals surface area contributed by atoms with E-state index in [2.05, 4.69) is 11.8 Å². The van der Waals surface area contributed by atoms with Gasteiger partial charge in [0.2, 0.25) is 0 Å². The minimum atomic E-state index is -0.969. The van der Waals surface area contributed by atoms with E-state index in [1.807, 2.05) is 11.8 Å². The highest BCUT2D eigenvalue weighted by molar-refractivity contribution is 5.94. The van der Waals surface area contributed by atoms with E-state index in [-0.39, 0.29) is 36.0 Å². The predicted molar refractivity (Wildman–Crippen MR) is 124 cm³/mol. The van der Waals surface area contributed by atoms with E-state index >= 15 is 0 Å². The average Bonchev–Trinajstić information content (AvgIpc) is 2.80. The van der Waals surface area contributed by atoms with Crippen molar-refractivity contribution >= 4 is 22.6 Å². The van der Waals surface area contributed by atoms with Crippen molar-refractivity contribution < 1.29 is 23.8 Å². The topological polar surface area (TPSA) is 70.1 Å². The molecule has 1 saturated heterocycles. The van der Waals surface area contributed by atoms with Crippen molar-refractivity contribution in [2.75, 3.05) is 19.7 Å². The maximum atomic E-state index is 13.2. The lowest BCUT2D eigenvalue weighted by molar-refractivity contribution is -0.139. The second kappa shape index (κ2) is 9.58. The number of aromatic carboxylic acids is 1. The summed E-state index contributed by atoms with van der Waals surface area (Å²) in [6.45, 7) is 6.09. The van der Waals surface area contributed by atoms with Crippen LogP contribution < -0.4 is 4.74 Å². The molecule has 2 atom stereocenters. The molecule has 1 N–H and O–H groups in total. The molecule has 3 aromatic rings. The Morgan fingerprint density at radius 2 is 1.67 bits per heavy atom. The van der Waals surface area contributed by atoms with Crippen molar-refractivity contribution in [2.24, 2.45) is 0 Å². The SMILES string of the molecule is C[C@@H]1CN(C(=O)COc2ccc3cc(C(=O)O)ccc3c2)[C@@H](C)CN1Cc1ccc(F)cc1. The molecule has 33 heavy (non-hydrogen) atoms. The standard InChI is InChI=1S/C26H27FN2O4/c1-17-14-29(18(2)13-28(17)15-19-3-8-23(27)9-4-19)25(30)16-33-24-10-7-20-11-22(26(31)32)6-5-21(20)12-24/h3-12,17-18H,13-16H2,1-2H3,(H,31,32)/t17-,18+/m1/s1. The number of ether oxygens (including phenoxy) is 1. The molecule has 4 rings (SSSR count). The zero-order chi connectivity index (χ0) is 23.5. The Balaban J connectivity index is 1.35. The zero-order valence-corrected chi connectivity index (χ0v) is 18.7. The highest BCUT2D eigenvalue weighted by Crippen LogP contribution is 2.23. The van der Waals surface area contributed by atoms with Gasteiger partial charge in [0.25, 0.3) is 5.91 Å². The van der Waals surface area contributed by atoms with E-state index in [0.29, 0.717) is 18.8 Å². The number of carbonyl (C=O) groups is 2. The zero-order valence-electron chi connectivity index (χ0n) is 18.7. The van der Waals surface area contributed by atoms with Crippen molar-refractivity contribution in [3.05, 3.63) is 77.6 Å². The summed E-state index contributed by atoms with van der Waals surface area (Å²) in [6, 6.07) is 17.0. The fraction of sp³-hybridized carbons (Fsp3) is 0.308. The van der Waals surface area contributed by atoms with Crippen molar-refractivity contribution in [3.63, 3.8) is 0 Å². The van der Waals surface area contributed by atoms with Crippen LogP contribution in [0.4, 0.5) is 4.39 Å². The van der Waals surface area contributed by atoms with Gasteiger partial charge in [-0.25, -0.2) is 9.18 Å². The van der Waals surface area contributed by atoms with E-state index in [4.69, 9.17) is 9.84 Å². The van der Waals surface area contributed by atoms with Gasteiger partial charge in [-0.15, -0.1) is 0 Å². The lowest BCUT2D eigenvalue weighted by Gasteiger charge is -2.44. The van der Waals surface area contributed by atoms with E-state index < -0.39 is 5.97 Å². The molecule has 0 unspecified atom stereocenters. The molecule has 1 aliphatic heterocycles. The molecule has 6 nitrogen and oxygen atoms in total. The Kier molecular flexibility index (Phi) is 6.60. The molecule has 0 aromatic heterocycles. The summed E-state index contributed by atoms with van der Waals surface area (Å²) in [5, 5.41) is 10.8. The van der Waals surface area contributed by atoms with Crippen LogP contribution in [-0.4, -0.2) is 58.6 Å². The minimum absolute atomic E-state index is 0.0313. The third-order valence-corrected chi connectivity index (χ3v) is 6.16. The smallest absolute Gasteiger partial charge is 0.335 e. The Morgan fingerprint density at radius 1 is 0.970 bits per heavy atom. The molecule has 3 aromatic carbocycles. The Bertz CT molecular complexity index is 1160. The Hall–Kier alpha value is -3.45. The van der Waals surface area contributed by atoms with Gasteiger partial charge in [0.1, 0.15) is 11.6 Å². The first-order chi connectivity index (χ1) is 15.8. The summed E-state index contributed by atoms with van der Waals surface area (Å²) in [5.74, 6) is -0.720. The second-order valence-corrected chi connectivity index (χ2v) is 8.62. The van der Waals surface area contributed by atoms with Gasteiger partial charge in [-0.05, 0) is 66.6 Å². The summed E-state index contributed by atoms with van der Waals surface area (Å²) in [7, 11) is 0. The van der Waals surface area contributed by atoms with Crippen molar-refractivity contribution in [1.29, 1.82) is 0 Å². The van der Waals surface area contributed by atoms with Crippen LogP contribution >= 0.6 is 0 Å². The predicted octanol–water partition coefficient (Wildman–Crippen LogP) is 4.18. The number of piperazine rings is 1. The highest BCUT2D eigenvalue weighted by Gasteiger charge is 2.32. The molecule has 1 heterocycles. The van der Waals surface area contributed by atoms with E-state index in [1.165, 1.54) is 12.1 Å². The van der Waals surface area contributed by atoms with Gasteiger partial charge >= 0.3 is 5.97 Å².